The van der Waals surface area contributed by atoms with Crippen molar-refractivity contribution in [1.29, 1.82) is 5.26 Å². The van der Waals surface area contributed by atoms with Gasteiger partial charge in [-0.05, 0) is 59.7 Å². The number of aromatic nitrogens is 1. The largest absolute Gasteiger partial charge is 0.491 e. The average Bonchev–Trinajstić information content (AvgIpc) is 3.35. The highest BCUT2D eigenvalue weighted by atomic mass is 16.6. The van der Waals surface area contributed by atoms with Crippen LogP contribution in [0.25, 0.3) is 11.1 Å². The molecule has 2 aromatic carbocycles. The minimum Gasteiger partial charge on any atom is -0.491 e. The third-order valence-corrected chi connectivity index (χ3v) is 6.01. The SMILES string of the molecule is CC(=O)Nc1ccc(OCCOCCOCCOCCNc2ccc(-c3ccc4c(c3)CC(=O)N4)c(C#N)n2)cc1. The maximum absolute atomic E-state index is 11.6. The number of pyridine rings is 1. The molecule has 0 saturated heterocycles. The quantitative estimate of drug-likeness (QED) is 0.224. The fourth-order valence-electron chi connectivity index (χ4n) is 4.12. The van der Waals surface area contributed by atoms with Gasteiger partial charge in [0, 0.05) is 30.4 Å². The van der Waals surface area contributed by atoms with E-state index in [0.717, 1.165) is 28.1 Å². The molecule has 0 spiro atoms. The molecule has 3 N–H and O–H groups in total. The molecule has 1 aliphatic rings. The third kappa shape index (κ3) is 9.29. The number of nitrogens with zero attached hydrogens (tertiary/aromatic N) is 2. The Balaban J connectivity index is 1.03. The van der Waals surface area contributed by atoms with Crippen LogP contribution >= 0.6 is 0 Å². The van der Waals surface area contributed by atoms with E-state index in [0.29, 0.717) is 76.5 Å². The van der Waals surface area contributed by atoms with Crippen LogP contribution in [0, 0.1) is 11.3 Å². The summed E-state index contributed by atoms with van der Waals surface area (Å²) in [4.78, 5) is 27.1. The molecule has 0 unspecified atom stereocenters. The van der Waals surface area contributed by atoms with Gasteiger partial charge in [-0.3, -0.25) is 9.59 Å². The number of rotatable bonds is 16. The summed E-state index contributed by atoms with van der Waals surface area (Å²) < 4.78 is 22.2. The summed E-state index contributed by atoms with van der Waals surface area (Å²) in [5.74, 6) is 1.15. The smallest absolute Gasteiger partial charge is 0.228 e. The Morgan fingerprint density at radius 2 is 1.66 bits per heavy atom. The van der Waals surface area contributed by atoms with Gasteiger partial charge >= 0.3 is 0 Å². The van der Waals surface area contributed by atoms with E-state index in [2.05, 4.69) is 27.0 Å². The lowest BCUT2D eigenvalue weighted by Gasteiger charge is -2.10. The van der Waals surface area contributed by atoms with Crippen LogP contribution in [0.4, 0.5) is 17.2 Å². The first-order valence-electron chi connectivity index (χ1n) is 13.3. The van der Waals surface area contributed by atoms with Crippen molar-refractivity contribution in [1.82, 2.24) is 4.98 Å². The van der Waals surface area contributed by atoms with Crippen molar-refractivity contribution in [3.8, 4) is 22.9 Å². The number of hydrogen-bond acceptors (Lipinski definition) is 9. The van der Waals surface area contributed by atoms with Crippen LogP contribution in [0.3, 0.4) is 0 Å². The zero-order chi connectivity index (χ0) is 28.9. The summed E-state index contributed by atoms with van der Waals surface area (Å²) in [5.41, 5.74) is 4.34. The first-order chi connectivity index (χ1) is 20.0. The van der Waals surface area contributed by atoms with Gasteiger partial charge in [-0.25, -0.2) is 4.98 Å². The molecule has 0 fully saturated rings. The van der Waals surface area contributed by atoms with E-state index < -0.39 is 0 Å². The predicted octanol–water partition coefficient (Wildman–Crippen LogP) is 3.61. The molecule has 0 saturated carbocycles. The van der Waals surface area contributed by atoms with Gasteiger partial charge in [0.05, 0.1) is 46.1 Å². The normalized spacial score (nSPS) is 11.9. The number of ether oxygens (including phenoxy) is 4. The third-order valence-electron chi connectivity index (χ3n) is 6.01. The van der Waals surface area contributed by atoms with E-state index in [9.17, 15) is 14.9 Å². The fraction of sp³-hybridized carbons (Fsp3) is 0.333. The molecule has 0 aliphatic carbocycles. The number of fused-ring (bicyclic) bond motifs is 1. The van der Waals surface area contributed by atoms with Crippen LogP contribution in [0.1, 0.15) is 18.2 Å². The van der Waals surface area contributed by atoms with Crippen LogP contribution < -0.4 is 20.7 Å². The second kappa shape index (κ2) is 15.3. The van der Waals surface area contributed by atoms with E-state index in [1.165, 1.54) is 6.92 Å². The van der Waals surface area contributed by atoms with Crippen molar-refractivity contribution in [2.75, 3.05) is 68.7 Å². The predicted molar refractivity (Wildman–Crippen MR) is 154 cm³/mol. The zero-order valence-corrected chi connectivity index (χ0v) is 22.9. The summed E-state index contributed by atoms with van der Waals surface area (Å²) >= 11 is 0. The van der Waals surface area contributed by atoms with Gasteiger partial charge in [0.25, 0.3) is 0 Å². The highest BCUT2D eigenvalue weighted by Crippen LogP contribution is 2.30. The Bertz CT molecular complexity index is 1370. The number of nitrogens with one attached hydrogen (secondary N) is 3. The molecule has 0 bridgehead atoms. The van der Waals surface area contributed by atoms with Crippen LogP contribution in [0.5, 0.6) is 5.75 Å². The van der Waals surface area contributed by atoms with Crippen LogP contribution in [-0.4, -0.2) is 69.6 Å². The Morgan fingerprint density at radius 3 is 2.37 bits per heavy atom. The molecule has 2 heterocycles. The summed E-state index contributed by atoms with van der Waals surface area (Å²) in [6.45, 7) is 5.12. The summed E-state index contributed by atoms with van der Waals surface area (Å²) in [6, 6.07) is 18.6. The lowest BCUT2D eigenvalue weighted by molar-refractivity contribution is -0.115. The van der Waals surface area contributed by atoms with Gasteiger partial charge in [0.2, 0.25) is 11.8 Å². The topological polar surface area (TPSA) is 144 Å². The number of anilines is 3. The van der Waals surface area contributed by atoms with Crippen LogP contribution in [-0.2, 0) is 30.2 Å². The van der Waals surface area contributed by atoms with Gasteiger partial charge in [-0.2, -0.15) is 5.26 Å². The first-order valence-corrected chi connectivity index (χ1v) is 13.3. The molecule has 11 nitrogen and oxygen atoms in total. The minimum absolute atomic E-state index is 0.0270. The molecular weight excluding hydrogens is 526 g/mol. The highest BCUT2D eigenvalue weighted by Gasteiger charge is 2.19. The minimum atomic E-state index is -0.115. The standard InChI is InChI=1S/C30H33N5O6/c1-21(36)33-24-3-5-25(6-4-24)41-17-16-40-15-14-39-13-12-38-11-10-32-29-9-7-26(28(20-31)34-29)22-2-8-27-23(18-22)19-30(37)35-27/h2-9,18H,10-17,19H2,1H3,(H,32,34)(H,33,36)(H,35,37). The summed E-state index contributed by atoms with van der Waals surface area (Å²) in [5, 5.41) is 18.3. The van der Waals surface area contributed by atoms with Crippen molar-refractivity contribution in [2.24, 2.45) is 0 Å². The number of hydrogen-bond donors (Lipinski definition) is 3. The second-order valence-electron chi connectivity index (χ2n) is 9.12. The fourth-order valence-corrected chi connectivity index (χ4v) is 4.12. The van der Waals surface area contributed by atoms with E-state index in [1.54, 1.807) is 24.3 Å². The molecule has 3 aromatic rings. The van der Waals surface area contributed by atoms with Gasteiger partial charge < -0.3 is 34.9 Å². The van der Waals surface area contributed by atoms with Crippen molar-refractivity contribution in [3.05, 3.63) is 65.9 Å². The monoisotopic (exact) mass is 559 g/mol. The van der Waals surface area contributed by atoms with Crippen LogP contribution in [0.2, 0.25) is 0 Å². The zero-order valence-electron chi connectivity index (χ0n) is 22.9. The first kappa shape index (κ1) is 29.5. The molecule has 0 atom stereocenters. The molecule has 214 valence electrons. The maximum Gasteiger partial charge on any atom is 0.228 e. The van der Waals surface area contributed by atoms with Gasteiger partial charge in [-0.15, -0.1) is 0 Å². The van der Waals surface area contributed by atoms with Gasteiger partial charge in [0.15, 0.2) is 5.69 Å². The van der Waals surface area contributed by atoms with E-state index in [4.69, 9.17) is 18.9 Å². The second-order valence-corrected chi connectivity index (χ2v) is 9.12. The number of nitriles is 1. The Labute approximate surface area is 238 Å². The Hall–Kier alpha value is -4.50. The Morgan fingerprint density at radius 1 is 0.951 bits per heavy atom. The molecule has 41 heavy (non-hydrogen) atoms. The molecule has 4 rings (SSSR count). The lowest BCUT2D eigenvalue weighted by atomic mass is 10.0. The van der Waals surface area contributed by atoms with E-state index in [-0.39, 0.29) is 11.8 Å². The summed E-state index contributed by atoms with van der Waals surface area (Å²) in [7, 11) is 0. The number of amides is 2. The molecule has 1 aliphatic heterocycles. The maximum atomic E-state index is 11.6. The number of carbonyl (C=O) groups excluding carboxylic acids is 2. The van der Waals surface area contributed by atoms with Crippen molar-refractivity contribution < 1.29 is 28.5 Å². The molecular formula is C30H33N5O6. The molecule has 11 heteroatoms. The molecule has 0 radical (unpaired) electrons. The van der Waals surface area contributed by atoms with E-state index in [1.807, 2.05) is 30.3 Å². The van der Waals surface area contributed by atoms with Crippen molar-refractivity contribution in [3.63, 3.8) is 0 Å². The number of carbonyl (C=O) groups is 2. The van der Waals surface area contributed by atoms with E-state index >= 15 is 0 Å². The highest BCUT2D eigenvalue weighted by molar-refractivity contribution is 5.99. The van der Waals surface area contributed by atoms with Gasteiger partial charge in [-0.1, -0.05) is 6.07 Å². The lowest BCUT2D eigenvalue weighted by Crippen LogP contribution is -2.15. The Kier molecular flexibility index (Phi) is 11.0. The molecule has 2 amide bonds. The van der Waals surface area contributed by atoms with Gasteiger partial charge in [0.1, 0.15) is 24.2 Å². The average molecular weight is 560 g/mol. The van der Waals surface area contributed by atoms with Crippen molar-refractivity contribution in [2.45, 2.75) is 13.3 Å². The van der Waals surface area contributed by atoms with Crippen molar-refractivity contribution >= 4 is 29.0 Å². The number of benzene rings is 2. The summed E-state index contributed by atoms with van der Waals surface area (Å²) in [6.07, 6.45) is 0.340. The molecule has 1 aromatic heterocycles. The van der Waals surface area contributed by atoms with Crippen LogP contribution in [0.15, 0.2) is 54.6 Å².